The highest BCUT2D eigenvalue weighted by Gasteiger charge is 2.41. The quantitative estimate of drug-likeness (QED) is 0.917. The molecule has 0 aliphatic carbocycles. The van der Waals surface area contributed by atoms with Gasteiger partial charge in [-0.15, -0.1) is 0 Å². The summed E-state index contributed by atoms with van der Waals surface area (Å²) in [6.45, 7) is 6.39. The van der Waals surface area contributed by atoms with E-state index in [1.807, 2.05) is 38.9 Å². The van der Waals surface area contributed by atoms with Crippen molar-refractivity contribution >= 4 is 27.5 Å². The summed E-state index contributed by atoms with van der Waals surface area (Å²) in [5.74, 6) is 0.166. The Hall–Kier alpha value is -1.07. The Bertz CT molecular complexity index is 516. The SMILES string of the molecule is CNCc1ccc(Br)cc1N1CCN(C)C(=O)C1(C)C. The van der Waals surface area contributed by atoms with Crippen molar-refractivity contribution in [1.82, 2.24) is 10.2 Å². The first kappa shape index (κ1) is 15.3. The molecule has 1 aromatic rings. The van der Waals surface area contributed by atoms with Gasteiger partial charge in [0.1, 0.15) is 5.54 Å². The van der Waals surface area contributed by atoms with Crippen LogP contribution in [0.1, 0.15) is 19.4 Å². The summed E-state index contributed by atoms with van der Waals surface area (Å²) in [6.07, 6.45) is 0. The van der Waals surface area contributed by atoms with Gasteiger partial charge in [-0.2, -0.15) is 0 Å². The van der Waals surface area contributed by atoms with Crippen LogP contribution in [0.5, 0.6) is 0 Å². The van der Waals surface area contributed by atoms with E-state index in [9.17, 15) is 4.79 Å². The van der Waals surface area contributed by atoms with E-state index >= 15 is 0 Å². The standard InChI is InChI=1S/C15H22BrN3O/c1-15(2)14(20)18(4)7-8-19(15)13-9-12(16)6-5-11(13)10-17-3/h5-6,9,17H,7-8,10H2,1-4H3. The smallest absolute Gasteiger partial charge is 0.247 e. The van der Waals surface area contributed by atoms with Crippen molar-refractivity contribution in [3.8, 4) is 0 Å². The van der Waals surface area contributed by atoms with Gasteiger partial charge in [0.25, 0.3) is 0 Å². The number of nitrogens with one attached hydrogen (secondary N) is 1. The average molecular weight is 340 g/mol. The summed E-state index contributed by atoms with van der Waals surface area (Å²) in [6, 6.07) is 6.25. The Labute approximate surface area is 129 Å². The van der Waals surface area contributed by atoms with Crippen molar-refractivity contribution in [1.29, 1.82) is 0 Å². The summed E-state index contributed by atoms with van der Waals surface area (Å²) in [7, 11) is 3.81. The minimum atomic E-state index is -0.518. The molecule has 0 aromatic heterocycles. The molecule has 0 radical (unpaired) electrons. The van der Waals surface area contributed by atoms with Crippen molar-refractivity contribution in [3.63, 3.8) is 0 Å². The molecule has 1 saturated heterocycles. The molecule has 0 atom stereocenters. The van der Waals surface area contributed by atoms with Gasteiger partial charge in [-0.3, -0.25) is 4.79 Å². The van der Waals surface area contributed by atoms with Crippen LogP contribution in [0.4, 0.5) is 5.69 Å². The number of rotatable bonds is 3. The second kappa shape index (κ2) is 5.74. The van der Waals surface area contributed by atoms with E-state index in [1.165, 1.54) is 5.56 Å². The van der Waals surface area contributed by atoms with Gasteiger partial charge >= 0.3 is 0 Å². The van der Waals surface area contributed by atoms with Gasteiger partial charge in [-0.25, -0.2) is 0 Å². The summed E-state index contributed by atoms with van der Waals surface area (Å²) >= 11 is 3.54. The molecule has 1 aromatic carbocycles. The van der Waals surface area contributed by atoms with Crippen LogP contribution in [-0.4, -0.2) is 43.5 Å². The summed E-state index contributed by atoms with van der Waals surface area (Å²) in [4.78, 5) is 16.5. The van der Waals surface area contributed by atoms with Crippen LogP contribution in [0.2, 0.25) is 0 Å². The number of hydrogen-bond donors (Lipinski definition) is 1. The lowest BCUT2D eigenvalue weighted by Crippen LogP contribution is -2.62. The lowest BCUT2D eigenvalue weighted by atomic mass is 9.95. The number of carbonyl (C=O) groups excluding carboxylic acids is 1. The molecule has 0 spiro atoms. The van der Waals surface area contributed by atoms with Crippen LogP contribution < -0.4 is 10.2 Å². The zero-order valence-electron chi connectivity index (χ0n) is 12.5. The van der Waals surface area contributed by atoms with Crippen LogP contribution >= 0.6 is 15.9 Å². The maximum absolute atomic E-state index is 12.4. The fraction of sp³-hybridized carbons (Fsp3) is 0.533. The maximum atomic E-state index is 12.4. The van der Waals surface area contributed by atoms with E-state index < -0.39 is 5.54 Å². The highest BCUT2D eigenvalue weighted by molar-refractivity contribution is 9.10. The number of nitrogens with zero attached hydrogens (tertiary/aromatic N) is 2. The molecule has 0 unspecified atom stereocenters. The molecule has 0 saturated carbocycles. The highest BCUT2D eigenvalue weighted by Crippen LogP contribution is 2.33. The molecule has 1 heterocycles. The van der Waals surface area contributed by atoms with Crippen molar-refractivity contribution in [3.05, 3.63) is 28.2 Å². The average Bonchev–Trinajstić information content (AvgIpc) is 2.39. The number of anilines is 1. The zero-order chi connectivity index (χ0) is 14.9. The third-order valence-electron chi connectivity index (χ3n) is 3.91. The van der Waals surface area contributed by atoms with Crippen LogP contribution in [0.25, 0.3) is 0 Å². The van der Waals surface area contributed by atoms with Gasteiger partial charge < -0.3 is 15.1 Å². The molecule has 1 N–H and O–H groups in total. The second-order valence-electron chi connectivity index (χ2n) is 5.74. The normalized spacial score (nSPS) is 18.6. The van der Waals surface area contributed by atoms with E-state index in [0.29, 0.717) is 0 Å². The Kier molecular flexibility index (Phi) is 4.39. The van der Waals surface area contributed by atoms with Crippen LogP contribution in [0, 0.1) is 0 Å². The third kappa shape index (κ3) is 2.69. The maximum Gasteiger partial charge on any atom is 0.247 e. The molecular weight excluding hydrogens is 318 g/mol. The Morgan fingerprint density at radius 2 is 2.05 bits per heavy atom. The number of amides is 1. The zero-order valence-corrected chi connectivity index (χ0v) is 14.1. The Balaban J connectivity index is 2.44. The minimum Gasteiger partial charge on any atom is -0.355 e. The highest BCUT2D eigenvalue weighted by atomic mass is 79.9. The Morgan fingerprint density at radius 1 is 1.35 bits per heavy atom. The number of likely N-dealkylation sites (N-methyl/N-ethyl adjacent to an activating group) is 1. The molecular formula is C15H22BrN3O. The molecule has 0 bridgehead atoms. The molecule has 1 amide bonds. The van der Waals surface area contributed by atoms with Gasteiger partial charge in [0.2, 0.25) is 5.91 Å². The van der Waals surface area contributed by atoms with Gasteiger partial charge in [0, 0.05) is 36.8 Å². The predicted octanol–water partition coefficient (Wildman–Crippen LogP) is 2.23. The van der Waals surface area contributed by atoms with Gasteiger partial charge in [-0.05, 0) is 38.6 Å². The predicted molar refractivity (Wildman–Crippen MR) is 86.0 cm³/mol. The Morgan fingerprint density at radius 3 is 2.70 bits per heavy atom. The summed E-state index contributed by atoms with van der Waals surface area (Å²) < 4.78 is 1.04. The second-order valence-corrected chi connectivity index (χ2v) is 6.66. The molecule has 1 fully saturated rings. The number of hydrogen-bond acceptors (Lipinski definition) is 3. The lowest BCUT2D eigenvalue weighted by Gasteiger charge is -2.46. The minimum absolute atomic E-state index is 0.166. The van der Waals surface area contributed by atoms with Crippen LogP contribution in [0.15, 0.2) is 22.7 Å². The fourth-order valence-electron chi connectivity index (χ4n) is 2.76. The number of piperazine rings is 1. The van der Waals surface area contributed by atoms with Crippen molar-refractivity contribution in [2.24, 2.45) is 0 Å². The number of carbonyl (C=O) groups is 1. The van der Waals surface area contributed by atoms with Crippen molar-refractivity contribution in [2.75, 3.05) is 32.1 Å². The molecule has 2 rings (SSSR count). The van der Waals surface area contributed by atoms with E-state index in [4.69, 9.17) is 0 Å². The van der Waals surface area contributed by atoms with Gasteiger partial charge in [0.15, 0.2) is 0 Å². The largest absolute Gasteiger partial charge is 0.355 e. The monoisotopic (exact) mass is 339 g/mol. The summed E-state index contributed by atoms with van der Waals surface area (Å²) in [5, 5.41) is 3.19. The van der Waals surface area contributed by atoms with Crippen LogP contribution in [-0.2, 0) is 11.3 Å². The van der Waals surface area contributed by atoms with E-state index in [1.54, 1.807) is 0 Å². The molecule has 4 nitrogen and oxygen atoms in total. The first-order valence-electron chi connectivity index (χ1n) is 6.84. The van der Waals surface area contributed by atoms with E-state index in [0.717, 1.165) is 29.8 Å². The van der Waals surface area contributed by atoms with Crippen molar-refractivity contribution in [2.45, 2.75) is 25.9 Å². The fourth-order valence-corrected chi connectivity index (χ4v) is 3.11. The first-order chi connectivity index (χ1) is 9.37. The molecule has 110 valence electrons. The van der Waals surface area contributed by atoms with E-state index in [-0.39, 0.29) is 5.91 Å². The van der Waals surface area contributed by atoms with Gasteiger partial charge in [-0.1, -0.05) is 22.0 Å². The van der Waals surface area contributed by atoms with E-state index in [2.05, 4.69) is 38.3 Å². The lowest BCUT2D eigenvalue weighted by molar-refractivity contribution is -0.136. The molecule has 1 aliphatic rings. The molecule has 5 heteroatoms. The number of benzene rings is 1. The van der Waals surface area contributed by atoms with Crippen LogP contribution in [0.3, 0.4) is 0 Å². The summed E-state index contributed by atoms with van der Waals surface area (Å²) in [5.41, 5.74) is 1.82. The van der Waals surface area contributed by atoms with Crippen molar-refractivity contribution < 1.29 is 4.79 Å². The molecule has 1 aliphatic heterocycles. The molecule has 20 heavy (non-hydrogen) atoms. The first-order valence-corrected chi connectivity index (χ1v) is 7.63. The third-order valence-corrected chi connectivity index (χ3v) is 4.40. The number of halogens is 1. The topological polar surface area (TPSA) is 35.6 Å². The van der Waals surface area contributed by atoms with Gasteiger partial charge in [0.05, 0.1) is 0 Å².